The third-order valence-electron chi connectivity index (χ3n) is 6.09. The zero-order valence-corrected chi connectivity index (χ0v) is 18.6. The summed E-state index contributed by atoms with van der Waals surface area (Å²) in [5, 5.41) is 4.15. The van der Waals surface area contributed by atoms with Crippen LogP contribution in [0.2, 0.25) is 0 Å². The zero-order chi connectivity index (χ0) is 21.1. The van der Waals surface area contributed by atoms with Crippen LogP contribution in [0.25, 0.3) is 0 Å². The lowest BCUT2D eigenvalue weighted by atomic mass is 9.90. The van der Waals surface area contributed by atoms with E-state index in [1.54, 1.807) is 11.3 Å². The quantitative estimate of drug-likeness (QED) is 0.798. The summed E-state index contributed by atoms with van der Waals surface area (Å²) in [6.07, 6.45) is 3.07. The van der Waals surface area contributed by atoms with Crippen molar-refractivity contribution in [3.63, 3.8) is 0 Å². The molecular weight excluding hydrogens is 396 g/mol. The second kappa shape index (κ2) is 9.16. The molecule has 2 amide bonds. The molecule has 1 aromatic heterocycles. The highest BCUT2D eigenvalue weighted by Crippen LogP contribution is 2.34. The average molecular weight is 427 g/mol. The third kappa shape index (κ3) is 4.67. The molecule has 1 N–H and O–H groups in total. The van der Waals surface area contributed by atoms with Gasteiger partial charge in [0, 0.05) is 49.9 Å². The van der Waals surface area contributed by atoms with Crippen LogP contribution in [0.4, 0.5) is 5.13 Å². The van der Waals surface area contributed by atoms with Crippen LogP contribution in [0.15, 0.2) is 24.3 Å². The molecule has 1 atom stereocenters. The fraction of sp³-hybridized carbons (Fsp3) is 0.522. The second-order valence-electron chi connectivity index (χ2n) is 8.23. The summed E-state index contributed by atoms with van der Waals surface area (Å²) >= 11 is 1.73. The number of carbonyl (C=O) groups is 2. The first-order valence-electron chi connectivity index (χ1n) is 10.9. The van der Waals surface area contributed by atoms with Crippen LogP contribution in [0.5, 0.6) is 0 Å². The van der Waals surface area contributed by atoms with Gasteiger partial charge in [-0.15, -0.1) is 11.3 Å². The third-order valence-corrected chi connectivity index (χ3v) is 7.27. The highest BCUT2D eigenvalue weighted by molar-refractivity contribution is 7.15. The number of fused-ring (bicyclic) bond motifs is 1. The topological polar surface area (TPSA) is 65.5 Å². The molecule has 0 spiro atoms. The number of anilines is 1. The van der Waals surface area contributed by atoms with Gasteiger partial charge in [-0.2, -0.15) is 0 Å². The molecule has 0 radical (unpaired) electrons. The van der Waals surface area contributed by atoms with Gasteiger partial charge in [-0.05, 0) is 31.7 Å². The summed E-state index contributed by atoms with van der Waals surface area (Å²) in [5.41, 5.74) is 3.51. The van der Waals surface area contributed by atoms with Crippen LogP contribution in [-0.4, -0.2) is 47.9 Å². The molecule has 1 saturated heterocycles. The van der Waals surface area contributed by atoms with Crippen molar-refractivity contribution >= 4 is 28.3 Å². The molecule has 1 aliphatic heterocycles. The number of rotatable bonds is 5. The number of piperazine rings is 1. The lowest BCUT2D eigenvalue weighted by molar-refractivity contribution is -0.131. The maximum Gasteiger partial charge on any atom is 0.223 e. The predicted octanol–water partition coefficient (Wildman–Crippen LogP) is 2.93. The van der Waals surface area contributed by atoms with Crippen LogP contribution in [0.1, 0.15) is 41.5 Å². The Kier molecular flexibility index (Phi) is 6.37. The first kappa shape index (κ1) is 20.8. The van der Waals surface area contributed by atoms with E-state index in [9.17, 15) is 9.59 Å². The summed E-state index contributed by atoms with van der Waals surface area (Å²) in [4.78, 5) is 34.9. The average Bonchev–Trinajstić information content (AvgIpc) is 3.21. The van der Waals surface area contributed by atoms with Gasteiger partial charge in [0.15, 0.2) is 5.13 Å². The number of aryl methyl sites for hydroxylation is 2. The van der Waals surface area contributed by atoms with Crippen molar-refractivity contribution < 1.29 is 9.59 Å². The molecule has 30 heavy (non-hydrogen) atoms. The number of hydrogen-bond donors (Lipinski definition) is 1. The van der Waals surface area contributed by atoms with Gasteiger partial charge in [-0.3, -0.25) is 9.59 Å². The highest BCUT2D eigenvalue weighted by Gasteiger charge is 2.29. The summed E-state index contributed by atoms with van der Waals surface area (Å²) in [6, 6.07) is 8.28. The van der Waals surface area contributed by atoms with Gasteiger partial charge in [0.1, 0.15) is 0 Å². The minimum absolute atomic E-state index is 0.0234. The Morgan fingerprint density at radius 3 is 2.60 bits per heavy atom. The van der Waals surface area contributed by atoms with Crippen molar-refractivity contribution in [2.75, 3.05) is 31.1 Å². The van der Waals surface area contributed by atoms with Crippen LogP contribution in [0.3, 0.4) is 0 Å². The van der Waals surface area contributed by atoms with E-state index in [-0.39, 0.29) is 17.7 Å². The van der Waals surface area contributed by atoms with Gasteiger partial charge in [-0.1, -0.05) is 36.8 Å². The van der Waals surface area contributed by atoms with Crippen LogP contribution in [-0.2, 0) is 29.0 Å². The molecule has 4 rings (SSSR count). The van der Waals surface area contributed by atoms with E-state index in [0.717, 1.165) is 61.8 Å². The van der Waals surface area contributed by atoms with Crippen molar-refractivity contribution in [1.29, 1.82) is 0 Å². The Hall–Kier alpha value is -2.41. The van der Waals surface area contributed by atoms with Crippen LogP contribution >= 0.6 is 11.3 Å². The number of amides is 2. The summed E-state index contributed by atoms with van der Waals surface area (Å²) in [6.45, 7) is 7.75. The SMILES string of the molecule is CCC(=O)N1CCN(c2nc3c(s2)CC(C(=O)NCc2ccc(C)cc2)CC3)CC1. The molecule has 1 unspecified atom stereocenters. The first-order chi connectivity index (χ1) is 14.5. The van der Waals surface area contributed by atoms with Gasteiger partial charge >= 0.3 is 0 Å². The van der Waals surface area contributed by atoms with Gasteiger partial charge in [0.2, 0.25) is 11.8 Å². The summed E-state index contributed by atoms with van der Waals surface area (Å²) in [5.74, 6) is 0.394. The smallest absolute Gasteiger partial charge is 0.223 e. The monoisotopic (exact) mass is 426 g/mol. The van der Waals surface area contributed by atoms with E-state index >= 15 is 0 Å². The predicted molar refractivity (Wildman–Crippen MR) is 120 cm³/mol. The lowest BCUT2D eigenvalue weighted by Gasteiger charge is -2.34. The molecular formula is C23H30N4O2S. The van der Waals surface area contributed by atoms with E-state index < -0.39 is 0 Å². The van der Waals surface area contributed by atoms with Gasteiger partial charge in [0.05, 0.1) is 5.69 Å². The van der Waals surface area contributed by atoms with E-state index in [4.69, 9.17) is 4.98 Å². The molecule has 160 valence electrons. The molecule has 0 saturated carbocycles. The summed E-state index contributed by atoms with van der Waals surface area (Å²) in [7, 11) is 0. The van der Waals surface area contributed by atoms with Crippen LogP contribution < -0.4 is 10.2 Å². The van der Waals surface area contributed by atoms with Gasteiger partial charge in [-0.25, -0.2) is 4.98 Å². The maximum atomic E-state index is 12.7. The number of hydrogen-bond acceptors (Lipinski definition) is 5. The van der Waals surface area contributed by atoms with Gasteiger partial charge < -0.3 is 15.1 Å². The van der Waals surface area contributed by atoms with E-state index in [1.807, 2.05) is 11.8 Å². The Balaban J connectivity index is 1.32. The molecule has 6 nitrogen and oxygen atoms in total. The molecule has 0 bridgehead atoms. The van der Waals surface area contributed by atoms with Crippen molar-refractivity contribution in [3.8, 4) is 0 Å². The zero-order valence-electron chi connectivity index (χ0n) is 17.8. The van der Waals surface area contributed by atoms with Crippen molar-refractivity contribution in [2.24, 2.45) is 5.92 Å². The van der Waals surface area contributed by atoms with Crippen molar-refractivity contribution in [1.82, 2.24) is 15.2 Å². The Labute approximate surface area is 182 Å². The number of benzene rings is 1. The largest absolute Gasteiger partial charge is 0.352 e. The number of carbonyl (C=O) groups excluding carboxylic acids is 2. The maximum absolute atomic E-state index is 12.7. The van der Waals surface area contributed by atoms with E-state index in [1.165, 1.54) is 10.4 Å². The number of nitrogens with one attached hydrogen (secondary N) is 1. The minimum Gasteiger partial charge on any atom is -0.352 e. The molecule has 2 heterocycles. The second-order valence-corrected chi connectivity index (χ2v) is 9.29. The Morgan fingerprint density at radius 1 is 1.17 bits per heavy atom. The van der Waals surface area contributed by atoms with Crippen molar-refractivity contribution in [3.05, 3.63) is 46.0 Å². The number of nitrogens with zero attached hydrogens (tertiary/aromatic N) is 3. The van der Waals surface area contributed by atoms with E-state index in [0.29, 0.717) is 13.0 Å². The minimum atomic E-state index is 0.0234. The normalized spacial score (nSPS) is 18.8. The van der Waals surface area contributed by atoms with E-state index in [2.05, 4.69) is 41.4 Å². The number of thiazole rings is 1. The first-order valence-corrected chi connectivity index (χ1v) is 11.7. The van der Waals surface area contributed by atoms with Crippen LogP contribution in [0, 0.1) is 12.8 Å². The number of aromatic nitrogens is 1. The lowest BCUT2D eigenvalue weighted by Crippen LogP contribution is -2.48. The standard InChI is InChI=1S/C23H30N4O2S/c1-3-21(28)26-10-12-27(13-11-26)23-25-19-9-8-18(14-20(19)30-23)22(29)24-15-17-6-4-16(2)5-7-17/h4-7,18H,3,8-15H2,1-2H3,(H,24,29). The molecule has 2 aliphatic rings. The Bertz CT molecular complexity index is 900. The molecule has 1 aromatic carbocycles. The molecule has 1 aliphatic carbocycles. The highest BCUT2D eigenvalue weighted by atomic mass is 32.1. The molecule has 7 heteroatoms. The molecule has 1 fully saturated rings. The molecule has 2 aromatic rings. The van der Waals surface area contributed by atoms with Gasteiger partial charge in [0.25, 0.3) is 0 Å². The fourth-order valence-electron chi connectivity index (χ4n) is 4.13. The van der Waals surface area contributed by atoms with Crippen molar-refractivity contribution in [2.45, 2.75) is 46.1 Å². The Morgan fingerprint density at radius 2 is 1.90 bits per heavy atom. The summed E-state index contributed by atoms with van der Waals surface area (Å²) < 4.78 is 0. The fourth-order valence-corrected chi connectivity index (χ4v) is 5.37.